The van der Waals surface area contributed by atoms with E-state index in [1.807, 2.05) is 12.1 Å². The number of nitrogens with one attached hydrogen (secondary N) is 1. The fraction of sp³-hybridized carbons (Fsp3) is 0.440. The van der Waals surface area contributed by atoms with E-state index in [0.717, 1.165) is 43.7 Å². The molecule has 1 amide bonds. The molecule has 182 valence electrons. The average Bonchev–Trinajstić information content (AvgIpc) is 3.05. The molecule has 0 radical (unpaired) electrons. The number of carbonyl (C=O) groups excluding carboxylic acids is 2. The van der Waals surface area contributed by atoms with Crippen molar-refractivity contribution in [2.24, 2.45) is 0 Å². The summed E-state index contributed by atoms with van der Waals surface area (Å²) in [6.45, 7) is 2.84. The van der Waals surface area contributed by atoms with Gasteiger partial charge in [-0.2, -0.15) is 0 Å². The minimum absolute atomic E-state index is 0.0164. The van der Waals surface area contributed by atoms with Crippen molar-refractivity contribution in [3.05, 3.63) is 58.6 Å². The van der Waals surface area contributed by atoms with Gasteiger partial charge in [-0.25, -0.2) is 8.42 Å². The van der Waals surface area contributed by atoms with Crippen LogP contribution in [0.25, 0.3) is 0 Å². The van der Waals surface area contributed by atoms with Crippen molar-refractivity contribution >= 4 is 38.8 Å². The summed E-state index contributed by atoms with van der Waals surface area (Å²) in [6.07, 6.45) is 3.18. The molecule has 9 heteroatoms. The number of carbonyl (C=O) groups is 2. The number of likely N-dealkylation sites (tertiary alicyclic amines) is 1. The molecule has 0 saturated carbocycles. The minimum atomic E-state index is -3.05. The molecule has 1 spiro atoms. The molecular formula is C25H29ClN2O5S. The van der Waals surface area contributed by atoms with E-state index in [4.69, 9.17) is 16.3 Å². The van der Waals surface area contributed by atoms with Gasteiger partial charge >= 0.3 is 0 Å². The first-order chi connectivity index (χ1) is 16.2. The first-order valence-corrected chi connectivity index (χ1v) is 13.9. The zero-order chi connectivity index (χ0) is 24.3. The highest BCUT2D eigenvalue weighted by molar-refractivity contribution is 7.90. The van der Waals surface area contributed by atoms with E-state index in [1.165, 1.54) is 6.26 Å². The third-order valence-corrected chi connectivity index (χ3v) is 7.93. The fourth-order valence-electron chi connectivity index (χ4n) is 4.71. The number of ketones is 1. The van der Waals surface area contributed by atoms with Crippen molar-refractivity contribution in [3.63, 3.8) is 0 Å². The van der Waals surface area contributed by atoms with Crippen LogP contribution in [0.4, 0.5) is 5.69 Å². The molecule has 2 aliphatic rings. The minimum Gasteiger partial charge on any atom is -0.492 e. The Morgan fingerprint density at radius 2 is 1.85 bits per heavy atom. The van der Waals surface area contributed by atoms with E-state index in [0.29, 0.717) is 29.4 Å². The maximum Gasteiger partial charge on any atom is 0.235 e. The third kappa shape index (κ3) is 5.62. The summed E-state index contributed by atoms with van der Waals surface area (Å²) in [5.41, 5.74) is 1.93. The van der Waals surface area contributed by atoms with Gasteiger partial charge < -0.3 is 10.1 Å². The maximum absolute atomic E-state index is 12.8. The van der Waals surface area contributed by atoms with Crippen molar-refractivity contribution in [1.82, 2.24) is 4.90 Å². The number of hydrogen-bond acceptors (Lipinski definition) is 6. The smallest absolute Gasteiger partial charge is 0.235 e. The van der Waals surface area contributed by atoms with E-state index in [1.54, 1.807) is 30.3 Å². The second kappa shape index (κ2) is 10.1. The SMILES string of the molecule is CS(=O)(=O)CCCC(=O)c1ccc(OCCN2CCC3(CC2)C(=O)Nc2ccc(Cl)cc23)cc1. The van der Waals surface area contributed by atoms with Crippen LogP contribution in [0.15, 0.2) is 42.5 Å². The van der Waals surface area contributed by atoms with Gasteiger partial charge in [0.15, 0.2) is 5.78 Å². The topological polar surface area (TPSA) is 92.8 Å². The number of sulfone groups is 1. The Kier molecular flexibility index (Phi) is 7.31. The van der Waals surface area contributed by atoms with Gasteiger partial charge in [-0.05, 0) is 80.4 Å². The summed E-state index contributed by atoms with van der Waals surface area (Å²) in [4.78, 5) is 27.3. The number of Topliss-reactive ketones (excluding diaryl/α,β-unsaturated/α-hetero) is 1. The predicted molar refractivity (Wildman–Crippen MR) is 133 cm³/mol. The lowest BCUT2D eigenvalue weighted by atomic mass is 9.73. The number of ether oxygens (including phenoxy) is 1. The van der Waals surface area contributed by atoms with E-state index >= 15 is 0 Å². The zero-order valence-corrected chi connectivity index (χ0v) is 20.8. The number of piperidine rings is 1. The Morgan fingerprint density at radius 1 is 1.15 bits per heavy atom. The van der Waals surface area contributed by atoms with E-state index in [-0.39, 0.29) is 23.9 Å². The average molecular weight is 505 g/mol. The van der Waals surface area contributed by atoms with Crippen LogP contribution in [0.5, 0.6) is 5.75 Å². The number of anilines is 1. The maximum atomic E-state index is 12.8. The lowest BCUT2D eigenvalue weighted by Gasteiger charge is -2.37. The largest absolute Gasteiger partial charge is 0.492 e. The quantitative estimate of drug-likeness (QED) is 0.523. The van der Waals surface area contributed by atoms with Crippen molar-refractivity contribution in [3.8, 4) is 5.75 Å². The molecule has 7 nitrogen and oxygen atoms in total. The molecular weight excluding hydrogens is 476 g/mol. The van der Waals surface area contributed by atoms with Gasteiger partial charge in [-0.15, -0.1) is 0 Å². The molecule has 34 heavy (non-hydrogen) atoms. The second-order valence-corrected chi connectivity index (χ2v) is 11.8. The van der Waals surface area contributed by atoms with Crippen molar-refractivity contribution in [2.45, 2.75) is 31.1 Å². The summed E-state index contributed by atoms with van der Waals surface area (Å²) in [6, 6.07) is 12.5. The monoisotopic (exact) mass is 504 g/mol. The van der Waals surface area contributed by atoms with Crippen LogP contribution in [-0.4, -0.2) is 63.3 Å². The number of nitrogens with zero attached hydrogens (tertiary/aromatic N) is 1. The fourth-order valence-corrected chi connectivity index (χ4v) is 5.55. The van der Waals surface area contributed by atoms with Crippen LogP contribution in [0.1, 0.15) is 41.6 Å². The first-order valence-electron chi connectivity index (χ1n) is 11.4. The molecule has 0 atom stereocenters. The molecule has 0 aromatic heterocycles. The number of amides is 1. The molecule has 2 aromatic carbocycles. The Hall–Kier alpha value is -2.42. The number of benzene rings is 2. The van der Waals surface area contributed by atoms with Crippen LogP contribution in [0.3, 0.4) is 0 Å². The lowest BCUT2D eigenvalue weighted by molar-refractivity contribution is -0.122. The molecule has 1 fully saturated rings. The highest BCUT2D eigenvalue weighted by Gasteiger charge is 2.48. The van der Waals surface area contributed by atoms with E-state index < -0.39 is 15.3 Å². The Labute approximate surface area is 205 Å². The molecule has 2 heterocycles. The summed E-state index contributed by atoms with van der Waals surface area (Å²) in [5, 5.41) is 3.65. The number of rotatable bonds is 9. The number of hydrogen-bond donors (Lipinski definition) is 1. The van der Waals surface area contributed by atoms with Gasteiger partial charge in [0, 0.05) is 35.5 Å². The van der Waals surface area contributed by atoms with Gasteiger partial charge in [0.05, 0.1) is 11.2 Å². The summed E-state index contributed by atoms with van der Waals surface area (Å²) < 4.78 is 28.2. The van der Waals surface area contributed by atoms with Crippen molar-refractivity contribution in [1.29, 1.82) is 0 Å². The predicted octanol–water partition coefficient (Wildman–Crippen LogP) is 3.71. The van der Waals surface area contributed by atoms with Crippen LogP contribution < -0.4 is 10.1 Å². The van der Waals surface area contributed by atoms with Crippen molar-refractivity contribution < 1.29 is 22.7 Å². The zero-order valence-electron chi connectivity index (χ0n) is 19.2. The highest BCUT2D eigenvalue weighted by Crippen LogP contribution is 2.45. The molecule has 2 aromatic rings. The Morgan fingerprint density at radius 3 is 2.53 bits per heavy atom. The lowest BCUT2D eigenvalue weighted by Crippen LogP contribution is -2.47. The molecule has 0 unspecified atom stereocenters. The van der Waals surface area contributed by atoms with Gasteiger partial charge in [-0.3, -0.25) is 14.5 Å². The van der Waals surface area contributed by atoms with E-state index in [2.05, 4.69) is 10.2 Å². The number of halogens is 1. The van der Waals surface area contributed by atoms with Crippen LogP contribution in [0.2, 0.25) is 5.02 Å². The Balaban J connectivity index is 1.23. The molecule has 4 rings (SSSR count). The molecule has 0 aliphatic carbocycles. The van der Waals surface area contributed by atoms with Crippen molar-refractivity contribution in [2.75, 3.05) is 43.6 Å². The van der Waals surface area contributed by atoms with Gasteiger partial charge in [-0.1, -0.05) is 11.6 Å². The van der Waals surface area contributed by atoms with Gasteiger partial charge in [0.1, 0.15) is 22.2 Å². The normalized spacial score (nSPS) is 17.4. The first kappa shape index (κ1) is 24.7. The standard InChI is InChI=1S/C25H29ClN2O5S/c1-34(31,32)16-2-3-23(29)18-4-7-20(8-5-18)33-15-14-28-12-10-25(11-13-28)21-17-19(26)6-9-22(21)27-24(25)30/h4-9,17H,2-3,10-16H2,1H3,(H,27,30). The molecule has 2 aliphatic heterocycles. The highest BCUT2D eigenvalue weighted by atomic mass is 35.5. The summed E-state index contributed by atoms with van der Waals surface area (Å²) >= 11 is 6.19. The molecule has 0 bridgehead atoms. The van der Waals surface area contributed by atoms with Crippen LogP contribution >= 0.6 is 11.6 Å². The van der Waals surface area contributed by atoms with Gasteiger partial charge in [0.2, 0.25) is 5.91 Å². The molecule has 1 N–H and O–H groups in total. The Bertz CT molecular complexity index is 1170. The van der Waals surface area contributed by atoms with Crippen LogP contribution in [-0.2, 0) is 20.0 Å². The second-order valence-electron chi connectivity index (χ2n) is 9.10. The molecule has 1 saturated heterocycles. The van der Waals surface area contributed by atoms with Gasteiger partial charge in [0.25, 0.3) is 0 Å². The number of fused-ring (bicyclic) bond motifs is 2. The van der Waals surface area contributed by atoms with Crippen LogP contribution in [0, 0.1) is 0 Å². The summed E-state index contributed by atoms with van der Waals surface area (Å²) in [5.74, 6) is 0.686. The van der Waals surface area contributed by atoms with E-state index in [9.17, 15) is 18.0 Å². The summed E-state index contributed by atoms with van der Waals surface area (Å²) in [7, 11) is -3.05. The third-order valence-electron chi connectivity index (χ3n) is 6.66.